The molecule has 1 fully saturated rings. The highest BCUT2D eigenvalue weighted by atomic mass is 19.1. The molecule has 1 atom stereocenters. The van der Waals surface area contributed by atoms with Crippen molar-refractivity contribution in [2.75, 3.05) is 6.54 Å². The van der Waals surface area contributed by atoms with Crippen molar-refractivity contribution in [2.24, 2.45) is 0 Å². The molecule has 0 saturated carbocycles. The molecule has 0 aliphatic carbocycles. The van der Waals surface area contributed by atoms with E-state index >= 15 is 0 Å². The van der Waals surface area contributed by atoms with Gasteiger partial charge in [-0.05, 0) is 0 Å². The van der Waals surface area contributed by atoms with E-state index in [2.05, 4.69) is 10.6 Å². The van der Waals surface area contributed by atoms with Crippen LogP contribution in [0, 0.1) is 0 Å². The van der Waals surface area contributed by atoms with E-state index in [1.165, 1.54) is 0 Å². The highest BCUT2D eigenvalue weighted by Gasteiger charge is 2.14. The minimum absolute atomic E-state index is 0.367. The molecule has 1 unspecified atom stereocenters. The summed E-state index contributed by atoms with van der Waals surface area (Å²) in [6, 6.07) is -0.413. The number of nitrogens with one attached hydrogen (secondary N) is 2. The molecule has 8 heavy (non-hydrogen) atoms. The largest absolute Gasteiger partial charge is 0.338 e. The smallest absolute Gasteiger partial charge is 0.317 e. The predicted octanol–water partition coefficient (Wildman–Crippen LogP) is -0.0151. The molecule has 1 saturated heterocycles. The normalized spacial score (nSPS) is 28.6. The molecule has 2 amide bonds. The van der Waals surface area contributed by atoms with Gasteiger partial charge in [0, 0.05) is 13.0 Å². The van der Waals surface area contributed by atoms with Gasteiger partial charge in [0.25, 0.3) is 0 Å². The zero-order valence-corrected chi connectivity index (χ0v) is 4.28. The van der Waals surface area contributed by atoms with Crippen LogP contribution in [0.2, 0.25) is 0 Å². The summed E-state index contributed by atoms with van der Waals surface area (Å²) in [4.78, 5) is 10.2. The third-order valence-electron chi connectivity index (χ3n) is 0.971. The molecule has 46 valence electrons. The van der Waals surface area contributed by atoms with Crippen LogP contribution in [0.25, 0.3) is 0 Å². The van der Waals surface area contributed by atoms with E-state index in [-0.39, 0.29) is 0 Å². The third-order valence-corrected chi connectivity index (χ3v) is 0.971. The Hall–Kier alpha value is -0.800. The van der Waals surface area contributed by atoms with Crippen LogP contribution in [-0.4, -0.2) is 18.9 Å². The summed E-state index contributed by atoms with van der Waals surface area (Å²) in [6.45, 7) is 0.438. The van der Waals surface area contributed by atoms with E-state index in [0.717, 1.165) is 0 Å². The van der Waals surface area contributed by atoms with Crippen LogP contribution in [0.1, 0.15) is 6.42 Å². The Labute approximate surface area is 46.3 Å². The number of amides is 2. The van der Waals surface area contributed by atoms with Crippen molar-refractivity contribution in [1.82, 2.24) is 10.6 Å². The lowest BCUT2D eigenvalue weighted by atomic mass is 10.3. The SMILES string of the molecule is O=C1NCCC(F)N1. The van der Waals surface area contributed by atoms with Crippen LogP contribution >= 0.6 is 0 Å². The Kier molecular flexibility index (Phi) is 1.32. The summed E-state index contributed by atoms with van der Waals surface area (Å²) in [7, 11) is 0. The number of hydrogen-bond donors (Lipinski definition) is 2. The minimum atomic E-state index is -1.15. The fourth-order valence-corrected chi connectivity index (χ4v) is 0.578. The highest BCUT2D eigenvalue weighted by Crippen LogP contribution is 1.95. The summed E-state index contributed by atoms with van der Waals surface area (Å²) < 4.78 is 12.1. The van der Waals surface area contributed by atoms with Crippen molar-refractivity contribution < 1.29 is 9.18 Å². The van der Waals surface area contributed by atoms with Gasteiger partial charge in [-0.15, -0.1) is 0 Å². The van der Waals surface area contributed by atoms with E-state index in [0.29, 0.717) is 13.0 Å². The van der Waals surface area contributed by atoms with Crippen molar-refractivity contribution in [2.45, 2.75) is 12.7 Å². The van der Waals surface area contributed by atoms with Crippen LogP contribution in [0.15, 0.2) is 0 Å². The second-order valence-corrected chi connectivity index (χ2v) is 1.66. The standard InChI is InChI=1S/C4H7FN2O/c5-3-1-2-6-4(8)7-3/h3H,1-2H2,(H2,6,7,8). The zero-order valence-electron chi connectivity index (χ0n) is 4.28. The van der Waals surface area contributed by atoms with E-state index in [1.807, 2.05) is 0 Å². The number of rotatable bonds is 0. The summed E-state index contributed by atoms with van der Waals surface area (Å²) >= 11 is 0. The fourth-order valence-electron chi connectivity index (χ4n) is 0.578. The summed E-state index contributed by atoms with van der Waals surface area (Å²) in [5.74, 6) is 0. The Bertz CT molecular complexity index is 106. The van der Waals surface area contributed by atoms with Gasteiger partial charge >= 0.3 is 6.03 Å². The molecule has 0 aromatic carbocycles. The monoisotopic (exact) mass is 118 g/mol. The van der Waals surface area contributed by atoms with Crippen molar-refractivity contribution in [3.63, 3.8) is 0 Å². The molecule has 4 heteroatoms. The highest BCUT2D eigenvalue weighted by molar-refractivity contribution is 5.74. The molecule has 2 N–H and O–H groups in total. The predicted molar refractivity (Wildman–Crippen MR) is 26.0 cm³/mol. The molecule has 0 aromatic heterocycles. The van der Waals surface area contributed by atoms with E-state index < -0.39 is 12.3 Å². The quantitative estimate of drug-likeness (QED) is 0.431. The third kappa shape index (κ3) is 1.08. The molecule has 0 bridgehead atoms. The van der Waals surface area contributed by atoms with Crippen molar-refractivity contribution in [3.05, 3.63) is 0 Å². The van der Waals surface area contributed by atoms with Crippen LogP contribution in [-0.2, 0) is 0 Å². The van der Waals surface area contributed by atoms with Gasteiger partial charge in [0.1, 0.15) is 0 Å². The van der Waals surface area contributed by atoms with Gasteiger partial charge in [0.2, 0.25) is 0 Å². The van der Waals surface area contributed by atoms with Crippen LogP contribution < -0.4 is 10.6 Å². The van der Waals surface area contributed by atoms with Crippen LogP contribution in [0.5, 0.6) is 0 Å². The lowest BCUT2D eigenvalue weighted by Gasteiger charge is -2.16. The van der Waals surface area contributed by atoms with Gasteiger partial charge in [-0.1, -0.05) is 0 Å². The average molecular weight is 118 g/mol. The maximum absolute atomic E-state index is 12.1. The van der Waals surface area contributed by atoms with Gasteiger partial charge in [-0.3, -0.25) is 0 Å². The first-order valence-corrected chi connectivity index (χ1v) is 2.47. The Morgan fingerprint density at radius 3 is 2.88 bits per heavy atom. The lowest BCUT2D eigenvalue weighted by molar-refractivity contribution is 0.196. The molecular weight excluding hydrogens is 111 g/mol. The molecule has 1 aliphatic heterocycles. The molecule has 1 aliphatic rings. The molecular formula is C4H7FN2O. The number of hydrogen-bond acceptors (Lipinski definition) is 1. The van der Waals surface area contributed by atoms with Gasteiger partial charge < -0.3 is 10.6 Å². The fraction of sp³-hybridized carbons (Fsp3) is 0.750. The zero-order chi connectivity index (χ0) is 5.98. The second-order valence-electron chi connectivity index (χ2n) is 1.66. The first kappa shape index (κ1) is 5.34. The molecule has 0 radical (unpaired) electrons. The van der Waals surface area contributed by atoms with Crippen molar-refractivity contribution >= 4 is 6.03 Å². The van der Waals surface area contributed by atoms with E-state index in [9.17, 15) is 9.18 Å². The summed E-state index contributed by atoms with van der Waals surface area (Å²) in [6.07, 6.45) is -0.782. The number of carbonyl (C=O) groups is 1. The maximum atomic E-state index is 12.1. The summed E-state index contributed by atoms with van der Waals surface area (Å²) in [5, 5.41) is 4.48. The van der Waals surface area contributed by atoms with Crippen molar-refractivity contribution in [3.8, 4) is 0 Å². The van der Waals surface area contributed by atoms with Gasteiger partial charge in [0.15, 0.2) is 6.30 Å². The average Bonchev–Trinajstić information content (AvgIpc) is 1.64. The molecule has 0 aromatic rings. The summed E-state index contributed by atoms with van der Waals surface area (Å²) in [5.41, 5.74) is 0. The number of halogens is 1. The molecule has 0 spiro atoms. The Balaban J connectivity index is 2.34. The van der Waals surface area contributed by atoms with E-state index in [4.69, 9.17) is 0 Å². The van der Waals surface area contributed by atoms with Gasteiger partial charge in [0.05, 0.1) is 0 Å². The maximum Gasteiger partial charge on any atom is 0.317 e. The van der Waals surface area contributed by atoms with Crippen LogP contribution in [0.4, 0.5) is 9.18 Å². The minimum Gasteiger partial charge on any atom is -0.338 e. The number of alkyl halides is 1. The van der Waals surface area contributed by atoms with Crippen LogP contribution in [0.3, 0.4) is 0 Å². The molecule has 1 rings (SSSR count). The number of urea groups is 1. The first-order chi connectivity index (χ1) is 3.79. The second kappa shape index (κ2) is 1.98. The van der Waals surface area contributed by atoms with Gasteiger partial charge in [-0.2, -0.15) is 0 Å². The topological polar surface area (TPSA) is 41.1 Å². The van der Waals surface area contributed by atoms with E-state index in [1.54, 1.807) is 0 Å². The Morgan fingerprint density at radius 1 is 1.75 bits per heavy atom. The Morgan fingerprint density at radius 2 is 2.50 bits per heavy atom. The molecule has 3 nitrogen and oxygen atoms in total. The lowest BCUT2D eigenvalue weighted by Crippen LogP contribution is -2.47. The van der Waals surface area contributed by atoms with Gasteiger partial charge in [-0.25, -0.2) is 9.18 Å². The number of carbonyl (C=O) groups excluding carboxylic acids is 1. The van der Waals surface area contributed by atoms with Crippen molar-refractivity contribution in [1.29, 1.82) is 0 Å². The molecule has 1 heterocycles. The first-order valence-electron chi connectivity index (χ1n) is 2.47.